The maximum Gasteiger partial charge on any atom is 0.326 e. The average molecular weight is 329 g/mol. The molecular weight excluding hydrogens is 306 g/mol. The first-order valence-electron chi connectivity index (χ1n) is 7.23. The summed E-state index contributed by atoms with van der Waals surface area (Å²) < 4.78 is 5.15. The minimum Gasteiger partial charge on any atom is -0.481 e. The molecule has 1 amide bonds. The normalized spacial score (nSPS) is 21.9. The second-order valence-corrected chi connectivity index (χ2v) is 6.34. The number of ketones is 1. The topological polar surface area (TPSA) is 139 Å². The lowest BCUT2D eigenvalue weighted by atomic mass is 9.86. The lowest BCUT2D eigenvalue weighted by Gasteiger charge is -2.40. The monoisotopic (exact) mass is 329 g/mol. The van der Waals surface area contributed by atoms with Crippen LogP contribution < -0.4 is 11.1 Å². The fourth-order valence-corrected chi connectivity index (χ4v) is 2.39. The summed E-state index contributed by atoms with van der Waals surface area (Å²) in [7, 11) is 0. The lowest BCUT2D eigenvalue weighted by molar-refractivity contribution is -0.163. The number of nitrogens with two attached hydrogens (primary N) is 1. The second-order valence-electron chi connectivity index (χ2n) is 6.34. The van der Waals surface area contributed by atoms with Crippen molar-refractivity contribution in [3.63, 3.8) is 0 Å². The first kappa shape index (κ1) is 19.0. The standard InChI is InChI=1S/C14H23N3O6/c1-13(2,3)23-11(21)8-17-5-4-16-14(12(17)22,6-10(19)20)9(18)7-15/h16H,4-8,15H2,1-3H3,(H,19,20). The van der Waals surface area contributed by atoms with Gasteiger partial charge in [0.05, 0.1) is 13.0 Å². The third kappa shape index (κ3) is 4.73. The number of nitrogens with zero attached hydrogens (tertiary/aromatic N) is 1. The Morgan fingerprint density at radius 3 is 2.48 bits per heavy atom. The molecule has 23 heavy (non-hydrogen) atoms. The summed E-state index contributed by atoms with van der Waals surface area (Å²) in [5, 5.41) is 11.7. The van der Waals surface area contributed by atoms with Crippen LogP contribution in [0.1, 0.15) is 27.2 Å². The van der Waals surface area contributed by atoms with Gasteiger partial charge in [-0.15, -0.1) is 0 Å². The minimum absolute atomic E-state index is 0.164. The zero-order chi connectivity index (χ0) is 17.8. The lowest BCUT2D eigenvalue weighted by Crippen LogP contribution is -2.70. The first-order valence-corrected chi connectivity index (χ1v) is 7.23. The van der Waals surface area contributed by atoms with Crippen molar-refractivity contribution in [1.29, 1.82) is 0 Å². The summed E-state index contributed by atoms with van der Waals surface area (Å²) >= 11 is 0. The molecule has 0 aromatic heterocycles. The molecule has 1 heterocycles. The Labute approximate surface area is 134 Å². The van der Waals surface area contributed by atoms with E-state index in [4.69, 9.17) is 15.6 Å². The average Bonchev–Trinajstić information content (AvgIpc) is 2.39. The summed E-state index contributed by atoms with van der Waals surface area (Å²) in [5.74, 6) is -3.44. The van der Waals surface area contributed by atoms with Crippen molar-refractivity contribution >= 4 is 23.6 Å². The van der Waals surface area contributed by atoms with Gasteiger partial charge in [0.2, 0.25) is 0 Å². The van der Waals surface area contributed by atoms with Gasteiger partial charge in [-0.1, -0.05) is 0 Å². The predicted octanol–water partition coefficient (Wildman–Crippen LogP) is -1.50. The van der Waals surface area contributed by atoms with Crippen molar-refractivity contribution in [3.05, 3.63) is 0 Å². The summed E-state index contributed by atoms with van der Waals surface area (Å²) in [6.45, 7) is 4.58. The molecule has 1 saturated heterocycles. The van der Waals surface area contributed by atoms with Crippen LogP contribution in [0.3, 0.4) is 0 Å². The van der Waals surface area contributed by atoms with Crippen molar-refractivity contribution in [2.45, 2.75) is 38.3 Å². The molecule has 0 saturated carbocycles. The Kier molecular flexibility index (Phi) is 5.84. The van der Waals surface area contributed by atoms with E-state index in [1.807, 2.05) is 0 Å². The van der Waals surface area contributed by atoms with Gasteiger partial charge in [0, 0.05) is 13.1 Å². The molecule has 1 atom stereocenters. The number of carbonyl (C=O) groups excluding carboxylic acids is 3. The zero-order valence-corrected chi connectivity index (χ0v) is 13.5. The summed E-state index contributed by atoms with van der Waals surface area (Å²) in [6.07, 6.45) is -0.729. The Balaban J connectivity index is 2.96. The smallest absolute Gasteiger partial charge is 0.326 e. The van der Waals surface area contributed by atoms with E-state index in [2.05, 4.69) is 5.32 Å². The molecule has 0 aliphatic carbocycles. The van der Waals surface area contributed by atoms with E-state index < -0.39 is 47.7 Å². The molecule has 1 aliphatic heterocycles. The maximum absolute atomic E-state index is 12.6. The molecule has 1 unspecified atom stereocenters. The molecule has 0 aromatic rings. The number of Topliss-reactive ketones (excluding diaryl/α,β-unsaturated/α-hetero) is 1. The molecule has 1 aliphatic rings. The van der Waals surface area contributed by atoms with Crippen LogP contribution in [0.4, 0.5) is 0 Å². The van der Waals surface area contributed by atoms with Crippen LogP contribution in [-0.2, 0) is 23.9 Å². The molecule has 9 nitrogen and oxygen atoms in total. The van der Waals surface area contributed by atoms with Crippen molar-refractivity contribution in [2.75, 3.05) is 26.2 Å². The summed E-state index contributed by atoms with van der Waals surface area (Å²) in [6, 6.07) is 0. The number of hydrogen-bond donors (Lipinski definition) is 3. The molecule has 0 spiro atoms. The number of nitrogens with one attached hydrogen (secondary N) is 1. The third-order valence-electron chi connectivity index (χ3n) is 3.28. The minimum atomic E-state index is -1.93. The van der Waals surface area contributed by atoms with Gasteiger partial charge < -0.3 is 20.5 Å². The van der Waals surface area contributed by atoms with Gasteiger partial charge in [0.1, 0.15) is 12.1 Å². The number of hydrogen-bond acceptors (Lipinski definition) is 7. The Morgan fingerprint density at radius 2 is 2.00 bits per heavy atom. The first-order chi connectivity index (χ1) is 10.5. The number of ether oxygens (including phenoxy) is 1. The summed E-state index contributed by atoms with van der Waals surface area (Å²) in [5.41, 5.74) is 2.67. The fraction of sp³-hybridized carbons (Fsp3) is 0.714. The number of amides is 1. The molecule has 1 rings (SSSR count). The van der Waals surface area contributed by atoms with Crippen LogP contribution >= 0.6 is 0 Å². The molecule has 0 bridgehead atoms. The van der Waals surface area contributed by atoms with Crippen LogP contribution in [0.5, 0.6) is 0 Å². The quantitative estimate of drug-likeness (QED) is 0.395. The van der Waals surface area contributed by atoms with Gasteiger partial charge in [0.25, 0.3) is 5.91 Å². The van der Waals surface area contributed by atoms with E-state index in [1.165, 1.54) is 0 Å². The van der Waals surface area contributed by atoms with E-state index in [0.29, 0.717) is 0 Å². The van der Waals surface area contributed by atoms with Crippen LogP contribution in [-0.4, -0.2) is 71.0 Å². The van der Waals surface area contributed by atoms with Gasteiger partial charge in [-0.05, 0) is 20.8 Å². The maximum atomic E-state index is 12.6. The molecule has 0 radical (unpaired) electrons. The third-order valence-corrected chi connectivity index (χ3v) is 3.28. The van der Waals surface area contributed by atoms with E-state index in [1.54, 1.807) is 20.8 Å². The second kappa shape index (κ2) is 7.05. The molecule has 4 N–H and O–H groups in total. The Hall–Kier alpha value is -2.00. The zero-order valence-electron chi connectivity index (χ0n) is 13.5. The number of aliphatic carboxylic acids is 1. The van der Waals surface area contributed by atoms with E-state index >= 15 is 0 Å². The van der Waals surface area contributed by atoms with Crippen LogP contribution in [0, 0.1) is 0 Å². The van der Waals surface area contributed by atoms with Crippen LogP contribution in [0.2, 0.25) is 0 Å². The van der Waals surface area contributed by atoms with Crippen LogP contribution in [0.15, 0.2) is 0 Å². The van der Waals surface area contributed by atoms with Crippen molar-refractivity contribution in [3.8, 4) is 0 Å². The Morgan fingerprint density at radius 1 is 1.39 bits per heavy atom. The van der Waals surface area contributed by atoms with Crippen molar-refractivity contribution in [1.82, 2.24) is 10.2 Å². The van der Waals surface area contributed by atoms with Gasteiger partial charge in [0.15, 0.2) is 11.3 Å². The Bertz CT molecular complexity index is 513. The highest BCUT2D eigenvalue weighted by molar-refractivity contribution is 6.14. The SMILES string of the molecule is CC(C)(C)OC(=O)CN1CCNC(CC(=O)O)(C(=O)CN)C1=O. The number of carbonyl (C=O) groups is 4. The number of piperazine rings is 1. The number of carboxylic acids is 1. The van der Waals surface area contributed by atoms with Gasteiger partial charge >= 0.3 is 11.9 Å². The van der Waals surface area contributed by atoms with Gasteiger partial charge in [-0.25, -0.2) is 0 Å². The molecular formula is C14H23N3O6. The van der Waals surface area contributed by atoms with Gasteiger partial charge in [-0.2, -0.15) is 0 Å². The van der Waals surface area contributed by atoms with Crippen LogP contribution in [0.25, 0.3) is 0 Å². The van der Waals surface area contributed by atoms with Gasteiger partial charge in [-0.3, -0.25) is 24.5 Å². The number of esters is 1. The highest BCUT2D eigenvalue weighted by atomic mass is 16.6. The largest absolute Gasteiger partial charge is 0.481 e. The molecule has 1 fully saturated rings. The molecule has 9 heteroatoms. The van der Waals surface area contributed by atoms with Crippen molar-refractivity contribution in [2.24, 2.45) is 5.73 Å². The number of carboxylic acid groups (broad SMARTS) is 1. The predicted molar refractivity (Wildman–Crippen MR) is 79.5 cm³/mol. The highest BCUT2D eigenvalue weighted by Gasteiger charge is 2.51. The highest BCUT2D eigenvalue weighted by Crippen LogP contribution is 2.20. The number of rotatable bonds is 6. The van der Waals surface area contributed by atoms with E-state index in [-0.39, 0.29) is 19.6 Å². The molecule has 0 aromatic carbocycles. The summed E-state index contributed by atoms with van der Waals surface area (Å²) in [4.78, 5) is 48.7. The van der Waals surface area contributed by atoms with E-state index in [9.17, 15) is 19.2 Å². The van der Waals surface area contributed by atoms with Crippen molar-refractivity contribution < 1.29 is 29.0 Å². The van der Waals surface area contributed by atoms with E-state index in [0.717, 1.165) is 4.90 Å². The molecule has 130 valence electrons. The fourth-order valence-electron chi connectivity index (χ4n) is 2.39.